The lowest BCUT2D eigenvalue weighted by atomic mass is 10.1. The van der Waals surface area contributed by atoms with Crippen molar-refractivity contribution in [2.45, 2.75) is 32.9 Å². The number of ether oxygens (including phenoxy) is 1. The second-order valence-corrected chi connectivity index (χ2v) is 4.58. The second-order valence-electron chi connectivity index (χ2n) is 4.58. The van der Waals surface area contributed by atoms with Crippen LogP contribution in [-0.4, -0.2) is 18.1 Å². The molecule has 1 amide bonds. The van der Waals surface area contributed by atoms with Gasteiger partial charge >= 0.3 is 6.61 Å². The van der Waals surface area contributed by atoms with Gasteiger partial charge in [-0.1, -0.05) is 12.1 Å². The van der Waals surface area contributed by atoms with Gasteiger partial charge in [0.05, 0.1) is 5.56 Å². The molecule has 5 heteroatoms. The minimum absolute atomic E-state index is 0.0997. The van der Waals surface area contributed by atoms with Crippen LogP contribution in [0.1, 0.15) is 31.1 Å². The average molecular weight is 243 g/mol. The van der Waals surface area contributed by atoms with E-state index in [9.17, 15) is 13.6 Å². The van der Waals surface area contributed by atoms with Crippen molar-refractivity contribution < 1.29 is 18.3 Å². The van der Waals surface area contributed by atoms with E-state index in [1.807, 2.05) is 20.8 Å². The molecule has 0 aliphatic heterocycles. The van der Waals surface area contributed by atoms with Gasteiger partial charge in [-0.05, 0) is 32.9 Å². The van der Waals surface area contributed by atoms with E-state index in [4.69, 9.17) is 0 Å². The first-order valence-corrected chi connectivity index (χ1v) is 5.16. The summed E-state index contributed by atoms with van der Waals surface area (Å²) in [6.07, 6.45) is 0. The molecule has 0 bridgehead atoms. The van der Waals surface area contributed by atoms with Crippen LogP contribution in [0.25, 0.3) is 0 Å². The molecule has 0 spiro atoms. The summed E-state index contributed by atoms with van der Waals surface area (Å²) in [7, 11) is 0. The van der Waals surface area contributed by atoms with E-state index in [1.165, 1.54) is 18.2 Å². The molecule has 94 valence electrons. The van der Waals surface area contributed by atoms with Crippen LogP contribution in [0.4, 0.5) is 8.78 Å². The number of alkyl halides is 2. The van der Waals surface area contributed by atoms with Crippen molar-refractivity contribution in [1.29, 1.82) is 0 Å². The van der Waals surface area contributed by atoms with Crippen LogP contribution in [0.2, 0.25) is 0 Å². The number of para-hydroxylation sites is 1. The van der Waals surface area contributed by atoms with Crippen molar-refractivity contribution in [3.05, 3.63) is 29.8 Å². The molecule has 17 heavy (non-hydrogen) atoms. The van der Waals surface area contributed by atoms with E-state index < -0.39 is 18.1 Å². The van der Waals surface area contributed by atoms with Crippen LogP contribution >= 0.6 is 0 Å². The minimum Gasteiger partial charge on any atom is -0.434 e. The molecule has 0 fully saturated rings. The summed E-state index contributed by atoms with van der Waals surface area (Å²) in [5.41, 5.74) is -0.336. The van der Waals surface area contributed by atoms with Crippen LogP contribution in [0.3, 0.4) is 0 Å². The molecule has 0 radical (unpaired) electrons. The lowest BCUT2D eigenvalue weighted by molar-refractivity contribution is -0.0501. The highest BCUT2D eigenvalue weighted by Crippen LogP contribution is 2.20. The van der Waals surface area contributed by atoms with Gasteiger partial charge in [0, 0.05) is 5.54 Å². The average Bonchev–Trinajstić information content (AvgIpc) is 2.14. The highest BCUT2D eigenvalue weighted by atomic mass is 19.3. The number of carbonyl (C=O) groups excluding carboxylic acids is 1. The largest absolute Gasteiger partial charge is 0.434 e. The van der Waals surface area contributed by atoms with Crippen LogP contribution in [0, 0.1) is 0 Å². The minimum atomic E-state index is -2.95. The number of halogens is 2. The maximum atomic E-state index is 12.1. The SMILES string of the molecule is CC(C)(C)NC(=O)c1ccccc1OC(F)F. The standard InChI is InChI=1S/C12H15F2NO2/c1-12(2,3)15-10(16)8-6-4-5-7-9(8)17-11(13)14/h4-7,11H,1-3H3,(H,15,16). The van der Waals surface area contributed by atoms with E-state index in [0.717, 1.165) is 0 Å². The van der Waals surface area contributed by atoms with Gasteiger partial charge in [0.2, 0.25) is 0 Å². The first-order valence-electron chi connectivity index (χ1n) is 5.16. The van der Waals surface area contributed by atoms with E-state index >= 15 is 0 Å². The number of carbonyl (C=O) groups is 1. The Balaban J connectivity index is 2.93. The fourth-order valence-corrected chi connectivity index (χ4v) is 1.26. The number of hydrogen-bond donors (Lipinski definition) is 1. The van der Waals surface area contributed by atoms with Crippen LogP contribution in [0.5, 0.6) is 5.75 Å². The third-order valence-corrected chi connectivity index (χ3v) is 1.84. The Morgan fingerprint density at radius 1 is 1.29 bits per heavy atom. The molecule has 0 aromatic heterocycles. The molecule has 1 aromatic rings. The van der Waals surface area contributed by atoms with E-state index in [2.05, 4.69) is 10.1 Å². The Morgan fingerprint density at radius 3 is 2.41 bits per heavy atom. The molecule has 3 nitrogen and oxygen atoms in total. The van der Waals surface area contributed by atoms with Crippen molar-refractivity contribution in [2.75, 3.05) is 0 Å². The molecule has 0 saturated heterocycles. The zero-order valence-electron chi connectivity index (χ0n) is 9.96. The van der Waals surface area contributed by atoms with E-state index in [-0.39, 0.29) is 11.3 Å². The Morgan fingerprint density at radius 2 is 1.88 bits per heavy atom. The molecule has 0 aliphatic carbocycles. The summed E-state index contributed by atoms with van der Waals surface area (Å²) in [6.45, 7) is 2.48. The molecule has 1 rings (SSSR count). The zero-order valence-corrected chi connectivity index (χ0v) is 9.96. The van der Waals surface area contributed by atoms with Crippen molar-refractivity contribution in [2.24, 2.45) is 0 Å². The van der Waals surface area contributed by atoms with Crippen molar-refractivity contribution in [3.8, 4) is 5.75 Å². The number of hydrogen-bond acceptors (Lipinski definition) is 2. The van der Waals surface area contributed by atoms with Crippen molar-refractivity contribution >= 4 is 5.91 Å². The van der Waals surface area contributed by atoms with E-state index in [1.54, 1.807) is 6.07 Å². The lowest BCUT2D eigenvalue weighted by Gasteiger charge is -2.21. The quantitative estimate of drug-likeness (QED) is 0.886. The molecular weight excluding hydrogens is 228 g/mol. The maximum Gasteiger partial charge on any atom is 0.387 e. The monoisotopic (exact) mass is 243 g/mol. The normalized spacial score (nSPS) is 11.4. The van der Waals surface area contributed by atoms with Gasteiger partial charge in [0.25, 0.3) is 5.91 Å². The molecule has 0 saturated carbocycles. The smallest absolute Gasteiger partial charge is 0.387 e. The predicted molar refractivity (Wildman–Crippen MR) is 60.3 cm³/mol. The van der Waals surface area contributed by atoms with Crippen LogP contribution in [0.15, 0.2) is 24.3 Å². The van der Waals surface area contributed by atoms with Crippen LogP contribution in [-0.2, 0) is 0 Å². The number of nitrogens with one attached hydrogen (secondary N) is 1. The first-order chi connectivity index (χ1) is 7.79. The van der Waals surface area contributed by atoms with E-state index in [0.29, 0.717) is 0 Å². The Bertz CT molecular complexity index is 400. The molecule has 1 aromatic carbocycles. The second kappa shape index (κ2) is 5.12. The summed E-state index contributed by atoms with van der Waals surface area (Å²) in [4.78, 5) is 11.8. The number of amides is 1. The highest BCUT2D eigenvalue weighted by molar-refractivity contribution is 5.97. The zero-order chi connectivity index (χ0) is 13.1. The van der Waals surface area contributed by atoms with Crippen LogP contribution < -0.4 is 10.1 Å². The molecule has 0 atom stereocenters. The van der Waals surface area contributed by atoms with Crippen molar-refractivity contribution in [1.82, 2.24) is 5.32 Å². The third-order valence-electron chi connectivity index (χ3n) is 1.84. The fourth-order valence-electron chi connectivity index (χ4n) is 1.26. The van der Waals surface area contributed by atoms with Crippen molar-refractivity contribution in [3.63, 3.8) is 0 Å². The number of rotatable bonds is 3. The predicted octanol–water partition coefficient (Wildman–Crippen LogP) is 2.82. The summed E-state index contributed by atoms with van der Waals surface area (Å²) < 4.78 is 28.6. The third kappa shape index (κ3) is 4.38. The maximum absolute atomic E-state index is 12.1. The summed E-state index contributed by atoms with van der Waals surface area (Å²) in [5, 5.41) is 2.69. The van der Waals surface area contributed by atoms with Gasteiger partial charge in [-0.25, -0.2) is 0 Å². The summed E-state index contributed by atoms with van der Waals surface area (Å²) in [5.74, 6) is -0.557. The van der Waals surface area contributed by atoms with Gasteiger partial charge in [-0.2, -0.15) is 8.78 Å². The first kappa shape index (κ1) is 13.4. The number of benzene rings is 1. The molecule has 0 heterocycles. The van der Waals surface area contributed by atoms with Gasteiger partial charge in [0.1, 0.15) is 5.75 Å². The summed E-state index contributed by atoms with van der Waals surface area (Å²) >= 11 is 0. The van der Waals surface area contributed by atoms with Gasteiger partial charge in [0.15, 0.2) is 0 Å². The highest BCUT2D eigenvalue weighted by Gasteiger charge is 2.19. The molecular formula is C12H15F2NO2. The lowest BCUT2D eigenvalue weighted by Crippen LogP contribution is -2.40. The Kier molecular flexibility index (Phi) is 4.04. The molecule has 1 N–H and O–H groups in total. The summed E-state index contributed by atoms with van der Waals surface area (Å²) in [6, 6.07) is 5.91. The molecule has 0 aliphatic rings. The fraction of sp³-hybridized carbons (Fsp3) is 0.417. The Hall–Kier alpha value is -1.65. The van der Waals surface area contributed by atoms with Gasteiger partial charge in [-0.3, -0.25) is 4.79 Å². The molecule has 0 unspecified atom stereocenters. The van der Waals surface area contributed by atoms with Gasteiger partial charge in [-0.15, -0.1) is 0 Å². The van der Waals surface area contributed by atoms with Gasteiger partial charge < -0.3 is 10.1 Å². The topological polar surface area (TPSA) is 38.3 Å². The Labute approximate surface area is 98.8 Å².